The molecule has 0 radical (unpaired) electrons. The van der Waals surface area contributed by atoms with Crippen molar-refractivity contribution < 1.29 is 14.7 Å². The molecule has 0 bridgehead atoms. The van der Waals surface area contributed by atoms with Gasteiger partial charge in [0.05, 0.1) is 11.3 Å². The zero-order valence-corrected chi connectivity index (χ0v) is 12.8. The number of carbonyl (C=O) groups excluding carboxylic acids is 1. The SMILES string of the molecule is CC(CN)CCC(=O)Nc1ccc(I)cc1C(=O)O. The van der Waals surface area contributed by atoms with E-state index in [1.807, 2.05) is 29.5 Å². The van der Waals surface area contributed by atoms with Gasteiger partial charge < -0.3 is 16.2 Å². The van der Waals surface area contributed by atoms with E-state index in [2.05, 4.69) is 5.32 Å². The normalized spacial score (nSPS) is 11.9. The molecule has 0 aromatic heterocycles. The Morgan fingerprint density at radius 2 is 2.16 bits per heavy atom. The standard InChI is InChI=1S/C13H17IN2O3/c1-8(7-15)2-5-12(17)16-11-4-3-9(14)6-10(11)13(18)19/h3-4,6,8H,2,5,7,15H2,1H3,(H,16,17)(H,18,19). The summed E-state index contributed by atoms with van der Waals surface area (Å²) in [5.74, 6) is -0.963. The minimum atomic E-state index is -1.05. The third kappa shape index (κ3) is 5.15. The van der Waals surface area contributed by atoms with Crippen molar-refractivity contribution in [2.75, 3.05) is 11.9 Å². The molecule has 0 saturated carbocycles. The van der Waals surface area contributed by atoms with E-state index in [0.717, 1.165) is 3.57 Å². The number of benzene rings is 1. The number of nitrogens with two attached hydrogens (primary N) is 1. The third-order valence-electron chi connectivity index (χ3n) is 2.75. The highest BCUT2D eigenvalue weighted by atomic mass is 127. The first-order chi connectivity index (χ1) is 8.93. The van der Waals surface area contributed by atoms with Gasteiger partial charge in [-0.2, -0.15) is 0 Å². The van der Waals surface area contributed by atoms with Crippen LogP contribution in [0.2, 0.25) is 0 Å². The van der Waals surface area contributed by atoms with Crippen LogP contribution in [0.3, 0.4) is 0 Å². The molecule has 6 heteroatoms. The van der Waals surface area contributed by atoms with E-state index in [9.17, 15) is 9.59 Å². The summed E-state index contributed by atoms with van der Waals surface area (Å²) in [6.45, 7) is 2.51. The second kappa shape index (κ2) is 7.44. The Hall–Kier alpha value is -1.15. The Labute approximate surface area is 125 Å². The van der Waals surface area contributed by atoms with Crippen LogP contribution in [0.15, 0.2) is 18.2 Å². The molecule has 0 spiro atoms. The van der Waals surface area contributed by atoms with Crippen LogP contribution in [0.1, 0.15) is 30.1 Å². The van der Waals surface area contributed by atoms with E-state index in [-0.39, 0.29) is 17.4 Å². The highest BCUT2D eigenvalue weighted by Gasteiger charge is 2.13. The molecular weight excluding hydrogens is 359 g/mol. The average molecular weight is 376 g/mol. The summed E-state index contributed by atoms with van der Waals surface area (Å²) < 4.78 is 0.810. The second-order valence-corrected chi connectivity index (χ2v) is 5.67. The Balaban J connectivity index is 2.71. The number of hydrogen-bond acceptors (Lipinski definition) is 3. The fourth-order valence-electron chi connectivity index (χ4n) is 1.51. The monoisotopic (exact) mass is 376 g/mol. The Morgan fingerprint density at radius 1 is 1.47 bits per heavy atom. The van der Waals surface area contributed by atoms with Crippen LogP contribution in [-0.4, -0.2) is 23.5 Å². The number of carboxylic acids is 1. The number of amides is 1. The summed E-state index contributed by atoms with van der Waals surface area (Å²) in [7, 11) is 0. The molecule has 0 aliphatic heterocycles. The maximum Gasteiger partial charge on any atom is 0.337 e. The summed E-state index contributed by atoms with van der Waals surface area (Å²) in [6, 6.07) is 4.89. The molecule has 19 heavy (non-hydrogen) atoms. The van der Waals surface area contributed by atoms with Gasteiger partial charge in [-0.05, 0) is 59.7 Å². The number of anilines is 1. The lowest BCUT2D eigenvalue weighted by Gasteiger charge is -2.10. The highest BCUT2D eigenvalue weighted by Crippen LogP contribution is 2.19. The molecule has 104 valence electrons. The maximum atomic E-state index is 11.7. The molecule has 1 rings (SSSR count). The molecule has 0 saturated heterocycles. The van der Waals surface area contributed by atoms with Crippen LogP contribution in [0.5, 0.6) is 0 Å². The van der Waals surface area contributed by atoms with Crippen molar-refractivity contribution in [3.63, 3.8) is 0 Å². The van der Waals surface area contributed by atoms with Crippen molar-refractivity contribution >= 4 is 40.2 Å². The van der Waals surface area contributed by atoms with Gasteiger partial charge in [-0.1, -0.05) is 6.92 Å². The van der Waals surface area contributed by atoms with E-state index in [0.29, 0.717) is 25.1 Å². The van der Waals surface area contributed by atoms with Crippen molar-refractivity contribution in [1.29, 1.82) is 0 Å². The van der Waals surface area contributed by atoms with E-state index in [1.165, 1.54) is 6.07 Å². The number of halogens is 1. The minimum Gasteiger partial charge on any atom is -0.478 e. The van der Waals surface area contributed by atoms with Gasteiger partial charge >= 0.3 is 5.97 Å². The number of carbonyl (C=O) groups is 2. The van der Waals surface area contributed by atoms with Crippen molar-refractivity contribution in [3.05, 3.63) is 27.3 Å². The van der Waals surface area contributed by atoms with Crippen LogP contribution in [0.25, 0.3) is 0 Å². The zero-order valence-electron chi connectivity index (χ0n) is 10.6. The zero-order chi connectivity index (χ0) is 14.4. The van der Waals surface area contributed by atoms with Crippen molar-refractivity contribution in [1.82, 2.24) is 0 Å². The maximum absolute atomic E-state index is 11.7. The van der Waals surface area contributed by atoms with E-state index in [4.69, 9.17) is 10.8 Å². The van der Waals surface area contributed by atoms with Gasteiger partial charge in [-0.15, -0.1) is 0 Å². The van der Waals surface area contributed by atoms with Crippen LogP contribution in [-0.2, 0) is 4.79 Å². The fraction of sp³-hybridized carbons (Fsp3) is 0.385. The summed E-state index contributed by atoms with van der Waals surface area (Å²) in [5.41, 5.74) is 5.92. The van der Waals surface area contributed by atoms with Crippen molar-refractivity contribution in [2.45, 2.75) is 19.8 Å². The first-order valence-electron chi connectivity index (χ1n) is 5.96. The quantitative estimate of drug-likeness (QED) is 0.665. The van der Waals surface area contributed by atoms with Crippen LogP contribution >= 0.6 is 22.6 Å². The van der Waals surface area contributed by atoms with Crippen LogP contribution < -0.4 is 11.1 Å². The van der Waals surface area contributed by atoms with Crippen LogP contribution in [0, 0.1) is 9.49 Å². The molecule has 5 nitrogen and oxygen atoms in total. The molecule has 1 unspecified atom stereocenters. The Morgan fingerprint density at radius 3 is 2.74 bits per heavy atom. The van der Waals surface area contributed by atoms with Gasteiger partial charge in [0.2, 0.25) is 5.91 Å². The van der Waals surface area contributed by atoms with Gasteiger partial charge in [0.25, 0.3) is 0 Å². The minimum absolute atomic E-state index is 0.104. The third-order valence-corrected chi connectivity index (χ3v) is 3.42. The second-order valence-electron chi connectivity index (χ2n) is 4.42. The van der Waals surface area contributed by atoms with Gasteiger partial charge in [0, 0.05) is 9.99 Å². The molecule has 0 aliphatic carbocycles. The number of hydrogen-bond donors (Lipinski definition) is 3. The number of aromatic carboxylic acids is 1. The first-order valence-corrected chi connectivity index (χ1v) is 7.04. The Kier molecular flexibility index (Phi) is 6.23. The van der Waals surface area contributed by atoms with E-state index >= 15 is 0 Å². The molecule has 4 N–H and O–H groups in total. The molecule has 1 atom stereocenters. The molecular formula is C13H17IN2O3. The topological polar surface area (TPSA) is 92.4 Å². The number of rotatable bonds is 6. The molecule has 0 fully saturated rings. The van der Waals surface area contributed by atoms with E-state index in [1.54, 1.807) is 12.1 Å². The van der Waals surface area contributed by atoms with Crippen LogP contribution in [0.4, 0.5) is 5.69 Å². The van der Waals surface area contributed by atoms with Gasteiger partial charge in [0.1, 0.15) is 0 Å². The average Bonchev–Trinajstić information content (AvgIpc) is 2.37. The van der Waals surface area contributed by atoms with Gasteiger partial charge in [-0.25, -0.2) is 4.79 Å². The summed E-state index contributed by atoms with van der Waals surface area (Å²) in [4.78, 5) is 22.8. The van der Waals surface area contributed by atoms with E-state index < -0.39 is 5.97 Å². The lowest BCUT2D eigenvalue weighted by molar-refractivity contribution is -0.116. The molecule has 1 aromatic carbocycles. The Bertz CT molecular complexity index is 477. The largest absolute Gasteiger partial charge is 0.478 e. The molecule has 1 amide bonds. The lowest BCUT2D eigenvalue weighted by Crippen LogP contribution is -2.17. The smallest absolute Gasteiger partial charge is 0.337 e. The lowest BCUT2D eigenvalue weighted by atomic mass is 10.1. The molecule has 0 heterocycles. The summed E-state index contributed by atoms with van der Waals surface area (Å²) in [5, 5.41) is 11.7. The first kappa shape index (κ1) is 15.9. The predicted octanol–water partition coefficient (Wildman–Crippen LogP) is 2.30. The molecule has 1 aromatic rings. The number of nitrogens with one attached hydrogen (secondary N) is 1. The summed E-state index contributed by atoms with van der Waals surface area (Å²) >= 11 is 2.03. The van der Waals surface area contributed by atoms with Gasteiger partial charge in [0.15, 0.2) is 0 Å². The van der Waals surface area contributed by atoms with Crippen molar-refractivity contribution in [3.8, 4) is 0 Å². The molecule has 0 aliphatic rings. The predicted molar refractivity (Wildman–Crippen MR) is 82.2 cm³/mol. The van der Waals surface area contributed by atoms with Crippen molar-refractivity contribution in [2.24, 2.45) is 11.7 Å². The highest BCUT2D eigenvalue weighted by molar-refractivity contribution is 14.1. The van der Waals surface area contributed by atoms with Gasteiger partial charge in [-0.3, -0.25) is 4.79 Å². The summed E-state index contributed by atoms with van der Waals surface area (Å²) in [6.07, 6.45) is 1.03. The number of carboxylic acid groups (broad SMARTS) is 1. The fourth-order valence-corrected chi connectivity index (χ4v) is 2.00.